The third kappa shape index (κ3) is 4.68. The average molecular weight is 447 g/mol. The molecule has 1 saturated carbocycles. The second kappa shape index (κ2) is 9.19. The molecule has 2 aromatic carbocycles. The second-order valence-corrected chi connectivity index (χ2v) is 8.74. The maximum atomic E-state index is 14.0. The number of hydrogen-bond donors (Lipinski definition) is 3. The van der Waals surface area contributed by atoms with Gasteiger partial charge in [0.25, 0.3) is 5.91 Å². The van der Waals surface area contributed by atoms with Crippen molar-refractivity contribution in [1.29, 1.82) is 0 Å². The van der Waals surface area contributed by atoms with E-state index in [1.807, 2.05) is 37.3 Å². The first-order valence-electron chi connectivity index (χ1n) is 11.4. The van der Waals surface area contributed by atoms with Crippen LogP contribution in [0.4, 0.5) is 10.1 Å². The van der Waals surface area contributed by atoms with Crippen LogP contribution in [0.25, 0.3) is 0 Å². The third-order valence-electron chi connectivity index (χ3n) is 6.32. The molecule has 0 bridgehead atoms. The van der Waals surface area contributed by atoms with Crippen LogP contribution in [0, 0.1) is 12.7 Å². The van der Waals surface area contributed by atoms with Gasteiger partial charge in [-0.2, -0.15) is 0 Å². The van der Waals surface area contributed by atoms with E-state index in [-0.39, 0.29) is 35.7 Å². The van der Waals surface area contributed by atoms with Crippen LogP contribution in [0.15, 0.2) is 60.8 Å². The first kappa shape index (κ1) is 21.4. The Kier molecular flexibility index (Phi) is 5.96. The number of rotatable bonds is 5. The zero-order valence-electron chi connectivity index (χ0n) is 18.5. The van der Waals surface area contributed by atoms with Crippen LogP contribution in [0.3, 0.4) is 0 Å². The largest absolute Gasteiger partial charge is 0.487 e. The highest BCUT2D eigenvalue weighted by Crippen LogP contribution is 2.34. The molecule has 1 amide bonds. The molecule has 170 valence electrons. The van der Waals surface area contributed by atoms with Crippen LogP contribution >= 0.6 is 0 Å². The molecule has 3 aromatic rings. The molecule has 6 nitrogen and oxygen atoms in total. The molecule has 1 aromatic heterocycles. The lowest BCUT2D eigenvalue weighted by molar-refractivity contribution is 0.0878. The Morgan fingerprint density at radius 3 is 2.88 bits per heavy atom. The topological polar surface area (TPSA) is 75.3 Å². The monoisotopic (exact) mass is 446 g/mol. The van der Waals surface area contributed by atoms with Gasteiger partial charge < -0.3 is 15.5 Å². The molecule has 0 radical (unpaired) electrons. The summed E-state index contributed by atoms with van der Waals surface area (Å²) in [4.78, 5) is 17.3. The van der Waals surface area contributed by atoms with Crippen molar-refractivity contribution in [3.05, 3.63) is 89.0 Å². The molecule has 1 aliphatic heterocycles. The average Bonchev–Trinajstić information content (AvgIpc) is 3.24. The number of aromatic nitrogens is 1. The standard InChI is InChI=1S/C26H27FN4O2/c1-16-13-17(11-12-28-16)25-21-14-18(9-10-23(21)30-31-25)26(32)29-19-5-4-6-20(15-19)33-24-8-3-2-7-22(24)27/h2-3,7-14,19-20,25,30-31H,4-6,15H2,1H3,(H,29,32). The first-order valence-corrected chi connectivity index (χ1v) is 11.4. The summed E-state index contributed by atoms with van der Waals surface area (Å²) in [6, 6.07) is 16.1. The summed E-state index contributed by atoms with van der Waals surface area (Å²) in [6.07, 6.45) is 5.00. The van der Waals surface area contributed by atoms with Crippen LogP contribution in [0.5, 0.6) is 5.75 Å². The minimum Gasteiger partial charge on any atom is -0.487 e. The highest BCUT2D eigenvalue weighted by Gasteiger charge is 2.28. The number of hydrogen-bond acceptors (Lipinski definition) is 5. The Hall–Kier alpha value is -3.45. The van der Waals surface area contributed by atoms with Gasteiger partial charge in [-0.05, 0) is 74.2 Å². The molecule has 2 aliphatic rings. The maximum Gasteiger partial charge on any atom is 0.251 e. The number of carbonyl (C=O) groups is 1. The van der Waals surface area contributed by atoms with Gasteiger partial charge in [0.2, 0.25) is 0 Å². The van der Waals surface area contributed by atoms with Crippen molar-refractivity contribution in [1.82, 2.24) is 15.7 Å². The van der Waals surface area contributed by atoms with E-state index in [2.05, 4.69) is 21.2 Å². The number of halogens is 1. The number of anilines is 1. The Morgan fingerprint density at radius 1 is 1.15 bits per heavy atom. The van der Waals surface area contributed by atoms with E-state index >= 15 is 0 Å². The Bertz CT molecular complexity index is 1170. The molecule has 0 spiro atoms. The quantitative estimate of drug-likeness (QED) is 0.531. The van der Waals surface area contributed by atoms with Crippen molar-refractivity contribution in [2.75, 3.05) is 5.43 Å². The number of hydrazine groups is 1. The van der Waals surface area contributed by atoms with E-state index in [1.165, 1.54) is 6.07 Å². The lowest BCUT2D eigenvalue weighted by Crippen LogP contribution is -2.41. The van der Waals surface area contributed by atoms with E-state index in [0.717, 1.165) is 41.8 Å². The summed E-state index contributed by atoms with van der Waals surface area (Å²) < 4.78 is 19.8. The van der Waals surface area contributed by atoms with Gasteiger partial charge in [0, 0.05) is 35.5 Å². The number of ether oxygens (including phenoxy) is 1. The van der Waals surface area contributed by atoms with Crippen molar-refractivity contribution < 1.29 is 13.9 Å². The van der Waals surface area contributed by atoms with E-state index in [1.54, 1.807) is 24.4 Å². The van der Waals surface area contributed by atoms with Gasteiger partial charge in [0.15, 0.2) is 11.6 Å². The fraction of sp³-hybridized carbons (Fsp3) is 0.308. The zero-order chi connectivity index (χ0) is 22.8. The van der Waals surface area contributed by atoms with E-state index in [9.17, 15) is 9.18 Å². The van der Waals surface area contributed by atoms with Crippen molar-refractivity contribution in [3.8, 4) is 5.75 Å². The lowest BCUT2D eigenvalue weighted by atomic mass is 9.92. The Labute approximate surface area is 192 Å². The normalized spacial score (nSPS) is 21.7. The van der Waals surface area contributed by atoms with Crippen molar-refractivity contribution in [3.63, 3.8) is 0 Å². The van der Waals surface area contributed by atoms with Crippen LogP contribution in [-0.2, 0) is 0 Å². The highest BCUT2D eigenvalue weighted by atomic mass is 19.1. The third-order valence-corrected chi connectivity index (χ3v) is 6.32. The fourth-order valence-electron chi connectivity index (χ4n) is 4.67. The second-order valence-electron chi connectivity index (χ2n) is 8.74. The minimum absolute atomic E-state index is 0.00817. The number of nitrogens with one attached hydrogen (secondary N) is 3. The van der Waals surface area contributed by atoms with Gasteiger partial charge in [0.05, 0.1) is 11.7 Å². The predicted octanol–water partition coefficient (Wildman–Crippen LogP) is 4.67. The first-order chi connectivity index (χ1) is 16.1. The van der Waals surface area contributed by atoms with Gasteiger partial charge in [-0.3, -0.25) is 9.78 Å². The minimum atomic E-state index is -0.358. The molecule has 0 saturated heterocycles. The van der Waals surface area contributed by atoms with Gasteiger partial charge in [0.1, 0.15) is 6.10 Å². The van der Waals surface area contributed by atoms with Crippen molar-refractivity contribution in [2.24, 2.45) is 0 Å². The summed E-state index contributed by atoms with van der Waals surface area (Å²) in [5.74, 6) is -0.195. The molecule has 3 atom stereocenters. The SMILES string of the molecule is Cc1cc(C2NNc3ccc(C(=O)NC4CCCC(Oc5ccccc5F)C4)cc32)ccn1. The molecular formula is C26H27FN4O2. The molecule has 7 heteroatoms. The fourth-order valence-corrected chi connectivity index (χ4v) is 4.67. The molecule has 3 unspecified atom stereocenters. The number of amides is 1. The molecule has 1 fully saturated rings. The van der Waals surface area contributed by atoms with Crippen LogP contribution in [0.1, 0.15) is 58.9 Å². The summed E-state index contributed by atoms with van der Waals surface area (Å²) in [7, 11) is 0. The van der Waals surface area contributed by atoms with Gasteiger partial charge in [-0.25, -0.2) is 9.82 Å². The van der Waals surface area contributed by atoms with E-state index in [4.69, 9.17) is 4.74 Å². The zero-order valence-corrected chi connectivity index (χ0v) is 18.5. The number of pyridine rings is 1. The van der Waals surface area contributed by atoms with Gasteiger partial charge in [-0.15, -0.1) is 0 Å². The molecule has 33 heavy (non-hydrogen) atoms. The number of aryl methyl sites for hydroxylation is 1. The number of fused-ring (bicyclic) bond motifs is 1. The summed E-state index contributed by atoms with van der Waals surface area (Å²) in [5.41, 5.74) is 11.1. The lowest BCUT2D eigenvalue weighted by Gasteiger charge is -2.30. The van der Waals surface area contributed by atoms with Gasteiger partial charge in [-0.1, -0.05) is 12.1 Å². The van der Waals surface area contributed by atoms with Crippen molar-refractivity contribution in [2.45, 2.75) is 50.8 Å². The van der Waals surface area contributed by atoms with Gasteiger partial charge >= 0.3 is 0 Å². The Balaban J connectivity index is 1.27. The predicted molar refractivity (Wildman–Crippen MR) is 125 cm³/mol. The van der Waals surface area contributed by atoms with Crippen LogP contribution in [-0.4, -0.2) is 23.0 Å². The Morgan fingerprint density at radius 2 is 2.03 bits per heavy atom. The molecule has 1 aliphatic carbocycles. The summed E-state index contributed by atoms with van der Waals surface area (Å²) >= 11 is 0. The number of carbonyl (C=O) groups excluding carboxylic acids is 1. The smallest absolute Gasteiger partial charge is 0.251 e. The number of nitrogens with zero attached hydrogens (tertiary/aromatic N) is 1. The van der Waals surface area contributed by atoms with E-state index < -0.39 is 0 Å². The van der Waals surface area contributed by atoms with Crippen molar-refractivity contribution >= 4 is 11.6 Å². The maximum absolute atomic E-state index is 14.0. The summed E-state index contributed by atoms with van der Waals surface area (Å²) in [6.45, 7) is 1.96. The molecular weight excluding hydrogens is 419 g/mol. The van der Waals surface area contributed by atoms with Crippen LogP contribution < -0.4 is 20.9 Å². The molecule has 5 rings (SSSR count). The number of para-hydroxylation sites is 1. The summed E-state index contributed by atoms with van der Waals surface area (Å²) in [5, 5.41) is 3.16. The van der Waals surface area contributed by atoms with E-state index in [0.29, 0.717) is 12.0 Å². The molecule has 2 heterocycles. The highest BCUT2D eigenvalue weighted by molar-refractivity contribution is 5.95. The number of benzene rings is 2. The molecule has 3 N–H and O–H groups in total. The van der Waals surface area contributed by atoms with Crippen LogP contribution in [0.2, 0.25) is 0 Å².